The van der Waals surface area contributed by atoms with Gasteiger partial charge in [-0.1, -0.05) is 24.3 Å². The molecule has 130 valence electrons. The van der Waals surface area contributed by atoms with Crippen LogP contribution in [0.5, 0.6) is 0 Å². The van der Waals surface area contributed by atoms with Crippen molar-refractivity contribution in [1.82, 2.24) is 4.90 Å². The summed E-state index contributed by atoms with van der Waals surface area (Å²) in [6, 6.07) is 11.6. The van der Waals surface area contributed by atoms with Crippen LogP contribution in [0.3, 0.4) is 0 Å². The lowest BCUT2D eigenvalue weighted by Gasteiger charge is -2.68. The number of esters is 1. The van der Waals surface area contributed by atoms with Gasteiger partial charge in [-0.25, -0.2) is 0 Å². The van der Waals surface area contributed by atoms with Gasteiger partial charge in [0, 0.05) is 23.1 Å². The van der Waals surface area contributed by atoms with Crippen LogP contribution in [-0.4, -0.2) is 37.1 Å². The first-order valence-corrected chi connectivity index (χ1v) is 9.08. The number of carbonyl (C=O) groups is 1. The molecule has 1 spiro atoms. The lowest BCUT2D eigenvalue weighted by atomic mass is 9.53. The smallest absolute Gasteiger partial charge is 0.310 e. The lowest BCUT2D eigenvalue weighted by Crippen LogP contribution is -2.75. The number of piperidine rings is 1. The van der Waals surface area contributed by atoms with Crippen LogP contribution < -0.4 is 0 Å². The molecule has 3 aliphatic rings. The van der Waals surface area contributed by atoms with Crippen molar-refractivity contribution in [2.75, 3.05) is 14.2 Å². The number of hydrogen-bond acceptors (Lipinski definition) is 4. The maximum absolute atomic E-state index is 12.6. The number of rotatable bonds is 3. The summed E-state index contributed by atoms with van der Waals surface area (Å²) in [4.78, 5) is 15.0. The predicted molar refractivity (Wildman–Crippen MR) is 94.0 cm³/mol. The number of ether oxygens (including phenoxy) is 1. The molecule has 0 bridgehead atoms. The third-order valence-corrected chi connectivity index (χ3v) is 7.11. The molecule has 0 radical (unpaired) electrons. The quantitative estimate of drug-likeness (QED) is 0.801. The van der Waals surface area contributed by atoms with Gasteiger partial charge in [-0.2, -0.15) is 0 Å². The summed E-state index contributed by atoms with van der Waals surface area (Å²) < 4.78 is 10.4. The SMILES string of the molecule is COC(=O)C1C(c2ccc(-c3ccoc3)cc2)CC23CCC2N(C)C13. The van der Waals surface area contributed by atoms with Crippen molar-refractivity contribution in [2.45, 2.75) is 37.3 Å². The molecular weight excluding hydrogens is 314 g/mol. The Kier molecular flexibility index (Phi) is 3.17. The van der Waals surface area contributed by atoms with Gasteiger partial charge in [0.15, 0.2) is 0 Å². The van der Waals surface area contributed by atoms with Crippen molar-refractivity contribution in [2.24, 2.45) is 11.3 Å². The van der Waals surface area contributed by atoms with E-state index in [9.17, 15) is 4.79 Å². The van der Waals surface area contributed by atoms with E-state index >= 15 is 0 Å². The van der Waals surface area contributed by atoms with Gasteiger partial charge in [-0.3, -0.25) is 9.69 Å². The highest BCUT2D eigenvalue weighted by molar-refractivity contribution is 5.76. The van der Waals surface area contributed by atoms with Crippen LogP contribution in [0.15, 0.2) is 47.3 Å². The maximum atomic E-state index is 12.6. The Bertz CT molecular complexity index is 797. The fourth-order valence-corrected chi connectivity index (χ4v) is 5.95. The van der Waals surface area contributed by atoms with Crippen molar-refractivity contribution in [3.8, 4) is 11.1 Å². The second kappa shape index (κ2) is 5.21. The molecule has 4 heteroatoms. The minimum absolute atomic E-state index is 0.0497. The monoisotopic (exact) mass is 337 g/mol. The number of likely N-dealkylation sites (tertiary alicyclic amines) is 1. The molecule has 5 rings (SSSR count). The minimum Gasteiger partial charge on any atom is -0.472 e. The van der Waals surface area contributed by atoms with E-state index in [1.807, 2.05) is 6.07 Å². The Hall–Kier alpha value is -2.07. The van der Waals surface area contributed by atoms with Gasteiger partial charge in [-0.05, 0) is 49.4 Å². The van der Waals surface area contributed by atoms with Gasteiger partial charge in [0.2, 0.25) is 0 Å². The highest BCUT2D eigenvalue weighted by atomic mass is 16.5. The predicted octanol–water partition coefficient (Wildman–Crippen LogP) is 3.69. The molecule has 4 nitrogen and oxygen atoms in total. The first kappa shape index (κ1) is 15.2. The number of furan rings is 1. The molecule has 2 saturated carbocycles. The normalized spacial score (nSPS) is 36.1. The molecule has 0 amide bonds. The summed E-state index contributed by atoms with van der Waals surface area (Å²) in [5.41, 5.74) is 3.83. The van der Waals surface area contributed by atoms with Crippen LogP contribution in [0, 0.1) is 11.3 Å². The van der Waals surface area contributed by atoms with Gasteiger partial charge in [0.05, 0.1) is 25.6 Å². The van der Waals surface area contributed by atoms with Crippen LogP contribution in [0.1, 0.15) is 30.7 Å². The Balaban J connectivity index is 1.49. The summed E-state index contributed by atoms with van der Waals surface area (Å²) in [6.07, 6.45) is 7.08. The third kappa shape index (κ3) is 1.89. The Labute approximate surface area is 147 Å². The van der Waals surface area contributed by atoms with Crippen LogP contribution in [0.4, 0.5) is 0 Å². The molecule has 5 unspecified atom stereocenters. The summed E-state index contributed by atoms with van der Waals surface area (Å²) in [5.74, 6) is 0.151. The van der Waals surface area contributed by atoms with Gasteiger partial charge in [0.1, 0.15) is 0 Å². The number of hydrogen-bond donors (Lipinski definition) is 0. The van der Waals surface area contributed by atoms with E-state index in [-0.39, 0.29) is 17.8 Å². The zero-order chi connectivity index (χ0) is 17.2. The molecule has 2 heterocycles. The molecule has 1 aliphatic heterocycles. The van der Waals surface area contributed by atoms with Crippen molar-refractivity contribution in [1.29, 1.82) is 0 Å². The topological polar surface area (TPSA) is 42.7 Å². The molecule has 1 saturated heterocycles. The molecular formula is C21H23NO3. The second-order valence-electron chi connectivity index (χ2n) is 7.89. The summed E-state index contributed by atoms with van der Waals surface area (Å²) in [5, 5.41) is 0. The van der Waals surface area contributed by atoms with Gasteiger partial charge in [0.25, 0.3) is 0 Å². The largest absolute Gasteiger partial charge is 0.472 e. The van der Waals surface area contributed by atoms with Crippen molar-refractivity contribution in [3.05, 3.63) is 48.4 Å². The van der Waals surface area contributed by atoms with Crippen molar-refractivity contribution >= 4 is 5.97 Å². The minimum atomic E-state index is -0.0528. The van der Waals surface area contributed by atoms with E-state index in [1.165, 1.54) is 25.5 Å². The first-order valence-electron chi connectivity index (χ1n) is 9.08. The number of nitrogens with zero attached hydrogens (tertiary/aromatic N) is 1. The Morgan fingerprint density at radius 2 is 2.04 bits per heavy atom. The molecule has 3 fully saturated rings. The second-order valence-corrected chi connectivity index (χ2v) is 7.89. The maximum Gasteiger partial charge on any atom is 0.310 e. The zero-order valence-electron chi connectivity index (χ0n) is 14.6. The molecule has 2 aromatic rings. The van der Waals surface area contributed by atoms with Crippen LogP contribution in [-0.2, 0) is 9.53 Å². The van der Waals surface area contributed by atoms with Crippen LogP contribution in [0.2, 0.25) is 0 Å². The van der Waals surface area contributed by atoms with E-state index in [2.05, 4.69) is 36.2 Å². The molecule has 5 atom stereocenters. The lowest BCUT2D eigenvalue weighted by molar-refractivity contribution is -0.193. The first-order chi connectivity index (χ1) is 12.2. The molecule has 25 heavy (non-hydrogen) atoms. The van der Waals surface area contributed by atoms with Gasteiger partial charge < -0.3 is 9.15 Å². The Morgan fingerprint density at radius 1 is 1.24 bits per heavy atom. The van der Waals surface area contributed by atoms with Crippen LogP contribution >= 0.6 is 0 Å². The zero-order valence-corrected chi connectivity index (χ0v) is 14.6. The fraction of sp³-hybridized carbons (Fsp3) is 0.476. The molecule has 0 N–H and O–H groups in total. The van der Waals surface area contributed by atoms with Crippen molar-refractivity contribution in [3.63, 3.8) is 0 Å². The number of methoxy groups -OCH3 is 1. The fourth-order valence-electron chi connectivity index (χ4n) is 5.95. The summed E-state index contributed by atoms with van der Waals surface area (Å²) >= 11 is 0. The molecule has 2 aliphatic carbocycles. The highest BCUT2D eigenvalue weighted by Crippen LogP contribution is 2.69. The van der Waals surface area contributed by atoms with Gasteiger partial charge >= 0.3 is 5.97 Å². The van der Waals surface area contributed by atoms with Crippen LogP contribution in [0.25, 0.3) is 11.1 Å². The standard InChI is InChI=1S/C21H23NO3/c1-22-17-7-9-21(17)11-16(18(19(21)22)20(23)24-2)14-5-3-13(4-6-14)15-8-10-25-12-15/h3-6,8,10,12,16-19H,7,9,11H2,1-2H3. The van der Waals surface area contributed by atoms with E-state index in [4.69, 9.17) is 9.15 Å². The summed E-state index contributed by atoms with van der Waals surface area (Å²) in [6.45, 7) is 0. The number of benzene rings is 1. The van der Waals surface area contributed by atoms with Crippen molar-refractivity contribution < 1.29 is 13.9 Å². The van der Waals surface area contributed by atoms with E-state index < -0.39 is 0 Å². The van der Waals surface area contributed by atoms with Gasteiger partial charge in [-0.15, -0.1) is 0 Å². The average Bonchev–Trinajstić information content (AvgIpc) is 3.26. The highest BCUT2D eigenvalue weighted by Gasteiger charge is 2.72. The summed E-state index contributed by atoms with van der Waals surface area (Å²) in [7, 11) is 3.69. The van der Waals surface area contributed by atoms with E-state index in [0.717, 1.165) is 17.5 Å². The molecule has 1 aromatic heterocycles. The number of carbonyl (C=O) groups excluding carboxylic acids is 1. The average molecular weight is 337 g/mol. The third-order valence-electron chi connectivity index (χ3n) is 7.11. The molecule has 1 aromatic carbocycles. The Morgan fingerprint density at radius 3 is 2.64 bits per heavy atom. The van der Waals surface area contributed by atoms with E-state index in [1.54, 1.807) is 12.5 Å². The van der Waals surface area contributed by atoms with E-state index in [0.29, 0.717) is 17.5 Å².